The Morgan fingerprint density at radius 1 is 0.900 bits per heavy atom. The molecule has 0 bridgehead atoms. The summed E-state index contributed by atoms with van der Waals surface area (Å²) in [7, 11) is 0. The van der Waals surface area contributed by atoms with Gasteiger partial charge in [-0.1, -0.05) is 42.5 Å². The van der Waals surface area contributed by atoms with Crippen LogP contribution >= 0.6 is 0 Å². The van der Waals surface area contributed by atoms with E-state index >= 15 is 0 Å². The number of aromatic carboxylic acids is 1. The molecule has 0 heterocycles. The monoisotopic (exact) mass is 268 g/mol. The van der Waals surface area contributed by atoms with Gasteiger partial charge in [0.2, 0.25) is 0 Å². The highest BCUT2D eigenvalue weighted by atomic mass is 16.4. The molecule has 3 nitrogen and oxygen atoms in total. The molecule has 102 valence electrons. The average molecular weight is 268 g/mol. The van der Waals surface area contributed by atoms with E-state index in [1.54, 1.807) is 12.1 Å². The van der Waals surface area contributed by atoms with Crippen molar-refractivity contribution in [3.8, 4) is 0 Å². The van der Waals surface area contributed by atoms with Crippen LogP contribution in [-0.2, 0) is 12.8 Å². The Hall–Kier alpha value is -2.42. The van der Waals surface area contributed by atoms with Crippen molar-refractivity contribution in [2.45, 2.75) is 19.8 Å². The quantitative estimate of drug-likeness (QED) is 0.846. The molecule has 0 radical (unpaired) electrons. The lowest BCUT2D eigenvalue weighted by atomic mass is 9.97. The van der Waals surface area contributed by atoms with Crippen molar-refractivity contribution < 1.29 is 14.7 Å². The first-order chi connectivity index (χ1) is 9.58. The van der Waals surface area contributed by atoms with Gasteiger partial charge in [0.25, 0.3) is 0 Å². The molecule has 3 heteroatoms. The Labute approximate surface area is 117 Å². The van der Waals surface area contributed by atoms with Crippen LogP contribution in [0.5, 0.6) is 0 Å². The number of ketones is 1. The van der Waals surface area contributed by atoms with E-state index in [9.17, 15) is 14.7 Å². The molecular weight excluding hydrogens is 252 g/mol. The van der Waals surface area contributed by atoms with Crippen LogP contribution in [0, 0.1) is 0 Å². The van der Waals surface area contributed by atoms with Gasteiger partial charge in [-0.2, -0.15) is 0 Å². The molecule has 0 aliphatic carbocycles. The van der Waals surface area contributed by atoms with E-state index in [0.29, 0.717) is 0 Å². The molecule has 0 atom stereocenters. The molecule has 0 unspecified atom stereocenters. The minimum absolute atomic E-state index is 0.0862. The minimum atomic E-state index is -1.06. The van der Waals surface area contributed by atoms with Gasteiger partial charge in [-0.15, -0.1) is 0 Å². The lowest BCUT2D eigenvalue weighted by Gasteiger charge is -2.07. The normalized spacial score (nSPS) is 10.2. The zero-order chi connectivity index (χ0) is 14.5. The van der Waals surface area contributed by atoms with Gasteiger partial charge in [0.05, 0.1) is 5.56 Å². The molecule has 20 heavy (non-hydrogen) atoms. The Morgan fingerprint density at radius 2 is 1.55 bits per heavy atom. The molecule has 0 saturated carbocycles. The summed E-state index contributed by atoms with van der Waals surface area (Å²) in [5, 5.41) is 9.17. The highest BCUT2D eigenvalue weighted by Crippen LogP contribution is 2.15. The van der Waals surface area contributed by atoms with Crippen molar-refractivity contribution in [1.82, 2.24) is 0 Å². The number of aryl methyl sites for hydroxylation is 2. The summed E-state index contributed by atoms with van der Waals surface area (Å²) in [6.07, 6.45) is 1.60. The zero-order valence-electron chi connectivity index (χ0n) is 11.3. The highest BCUT2D eigenvalue weighted by molar-refractivity contribution is 6.04. The predicted octanol–water partition coefficient (Wildman–Crippen LogP) is 3.37. The van der Waals surface area contributed by atoms with Crippen LogP contribution < -0.4 is 0 Å². The number of carboxylic acids is 1. The summed E-state index contributed by atoms with van der Waals surface area (Å²) in [5.74, 6) is -1.28. The number of carboxylic acid groups (broad SMARTS) is 1. The van der Waals surface area contributed by atoms with E-state index in [-0.39, 0.29) is 16.9 Å². The number of Topliss-reactive ketones (excluding diaryl/α,β-unsaturated/α-hetero) is 1. The van der Waals surface area contributed by atoms with Crippen molar-refractivity contribution >= 4 is 11.8 Å². The first-order valence-corrected chi connectivity index (χ1v) is 6.49. The first kappa shape index (κ1) is 14.0. The molecule has 0 amide bonds. The second-order valence-electron chi connectivity index (χ2n) is 4.73. The molecule has 1 N–H and O–H groups in total. The van der Waals surface area contributed by atoms with Gasteiger partial charge in [-0.05, 0) is 37.0 Å². The summed E-state index contributed by atoms with van der Waals surface area (Å²) in [6, 6.07) is 15.0. The van der Waals surface area contributed by atoms with Crippen LogP contribution in [-0.4, -0.2) is 16.9 Å². The third-order valence-corrected chi connectivity index (χ3v) is 3.24. The largest absolute Gasteiger partial charge is 0.478 e. The number of carbonyl (C=O) groups is 2. The van der Waals surface area contributed by atoms with Gasteiger partial charge < -0.3 is 5.11 Å². The second-order valence-corrected chi connectivity index (χ2v) is 4.73. The number of hydrogen-bond donors (Lipinski definition) is 1. The fourth-order valence-corrected chi connectivity index (χ4v) is 2.16. The van der Waals surface area contributed by atoms with Crippen molar-refractivity contribution in [3.63, 3.8) is 0 Å². The third kappa shape index (κ3) is 3.32. The lowest BCUT2D eigenvalue weighted by Crippen LogP contribution is -2.07. The number of carbonyl (C=O) groups excluding carboxylic acids is 1. The van der Waals surface area contributed by atoms with Crippen LogP contribution in [0.2, 0.25) is 0 Å². The summed E-state index contributed by atoms with van der Waals surface area (Å²) in [5.41, 5.74) is 2.49. The molecule has 2 rings (SSSR count). The molecule has 0 aliphatic rings. The lowest BCUT2D eigenvalue weighted by molar-refractivity contribution is 0.0692. The van der Waals surface area contributed by atoms with Gasteiger partial charge in [0.15, 0.2) is 5.78 Å². The average Bonchev–Trinajstić information content (AvgIpc) is 2.45. The smallest absolute Gasteiger partial charge is 0.336 e. The summed E-state index contributed by atoms with van der Waals surface area (Å²) in [6.45, 7) is 1.38. The van der Waals surface area contributed by atoms with E-state index in [0.717, 1.165) is 18.4 Å². The molecular formula is C17H16O3. The molecule has 2 aromatic carbocycles. The van der Waals surface area contributed by atoms with E-state index in [4.69, 9.17) is 0 Å². The fourth-order valence-electron chi connectivity index (χ4n) is 2.16. The topological polar surface area (TPSA) is 54.4 Å². The molecule has 0 aliphatic heterocycles. The van der Waals surface area contributed by atoms with Crippen molar-refractivity contribution in [1.29, 1.82) is 0 Å². The SMILES string of the molecule is CC(=O)c1ccc(CCc2ccccc2)cc1C(=O)O. The molecule has 0 aromatic heterocycles. The number of rotatable bonds is 5. The van der Waals surface area contributed by atoms with Crippen LogP contribution in [0.3, 0.4) is 0 Å². The minimum Gasteiger partial charge on any atom is -0.478 e. The maximum atomic E-state index is 11.4. The van der Waals surface area contributed by atoms with Crippen molar-refractivity contribution in [2.24, 2.45) is 0 Å². The van der Waals surface area contributed by atoms with Crippen molar-refractivity contribution in [2.75, 3.05) is 0 Å². The molecule has 2 aromatic rings. The van der Waals surface area contributed by atoms with Gasteiger partial charge in [-0.3, -0.25) is 4.79 Å². The second kappa shape index (κ2) is 6.15. The molecule has 0 spiro atoms. The Kier molecular flexibility index (Phi) is 4.31. The summed E-state index contributed by atoms with van der Waals surface area (Å²) >= 11 is 0. The fraction of sp³-hybridized carbons (Fsp3) is 0.176. The third-order valence-electron chi connectivity index (χ3n) is 3.24. The Balaban J connectivity index is 2.19. The number of benzene rings is 2. The highest BCUT2D eigenvalue weighted by Gasteiger charge is 2.14. The standard InChI is InChI=1S/C17H16O3/c1-12(18)15-10-9-14(11-16(15)17(19)20)8-7-13-5-3-2-4-6-13/h2-6,9-11H,7-8H2,1H3,(H,19,20). The first-order valence-electron chi connectivity index (χ1n) is 6.49. The maximum Gasteiger partial charge on any atom is 0.336 e. The molecule has 0 saturated heterocycles. The predicted molar refractivity (Wildman–Crippen MR) is 77.3 cm³/mol. The summed E-state index contributed by atoms with van der Waals surface area (Å²) in [4.78, 5) is 22.6. The van der Waals surface area contributed by atoms with Crippen LogP contribution in [0.15, 0.2) is 48.5 Å². The summed E-state index contributed by atoms with van der Waals surface area (Å²) < 4.78 is 0. The zero-order valence-corrected chi connectivity index (χ0v) is 11.3. The number of hydrogen-bond acceptors (Lipinski definition) is 2. The van der Waals surface area contributed by atoms with E-state index in [1.165, 1.54) is 12.5 Å². The van der Waals surface area contributed by atoms with Crippen LogP contribution in [0.4, 0.5) is 0 Å². The Morgan fingerprint density at radius 3 is 2.15 bits per heavy atom. The Bertz CT molecular complexity index is 630. The van der Waals surface area contributed by atoms with Crippen molar-refractivity contribution in [3.05, 3.63) is 70.8 Å². The van der Waals surface area contributed by atoms with Gasteiger partial charge in [0, 0.05) is 5.56 Å². The van der Waals surface area contributed by atoms with Gasteiger partial charge in [-0.25, -0.2) is 4.79 Å². The maximum absolute atomic E-state index is 11.4. The van der Waals surface area contributed by atoms with E-state index in [2.05, 4.69) is 0 Å². The van der Waals surface area contributed by atoms with Crippen LogP contribution in [0.1, 0.15) is 38.8 Å². The van der Waals surface area contributed by atoms with E-state index in [1.807, 2.05) is 36.4 Å². The van der Waals surface area contributed by atoms with Gasteiger partial charge >= 0.3 is 5.97 Å². The van der Waals surface area contributed by atoms with Crippen LogP contribution in [0.25, 0.3) is 0 Å². The van der Waals surface area contributed by atoms with Gasteiger partial charge in [0.1, 0.15) is 0 Å². The van der Waals surface area contributed by atoms with E-state index < -0.39 is 5.97 Å². The molecule has 0 fully saturated rings.